The van der Waals surface area contributed by atoms with E-state index in [9.17, 15) is 9.59 Å². The largest absolute Gasteiger partial charge is 0.339 e. The van der Waals surface area contributed by atoms with E-state index in [4.69, 9.17) is 0 Å². The summed E-state index contributed by atoms with van der Waals surface area (Å²) in [5, 5.41) is 7.60. The summed E-state index contributed by atoms with van der Waals surface area (Å²) in [5.74, 6) is 0.765. The molecule has 5 rings (SSSR count). The SMILES string of the molecule is Cc1ccncc1C(=O)N1CCC(Cc2c[nH]nc2-c2ccc3c(c2)CCC(=O)N3C)CC1. The molecule has 3 aromatic rings. The lowest BCUT2D eigenvalue weighted by Crippen LogP contribution is -2.39. The smallest absolute Gasteiger partial charge is 0.255 e. The standard InChI is InChI=1S/C26H29N5O2/c1-17-7-10-27-16-22(17)26(33)31-11-8-18(9-12-31)13-21-15-28-29-25(21)20-3-5-23-19(14-20)4-6-24(32)30(23)2/h3,5,7,10,14-16,18H,4,6,8-9,11-13H2,1-2H3,(H,28,29). The Kier molecular flexibility index (Phi) is 5.70. The number of aryl methyl sites for hydroxylation is 2. The molecule has 2 aliphatic heterocycles. The molecule has 1 aromatic carbocycles. The van der Waals surface area contributed by atoms with Crippen LogP contribution in [0.5, 0.6) is 0 Å². The molecule has 0 spiro atoms. The van der Waals surface area contributed by atoms with Crippen LogP contribution >= 0.6 is 0 Å². The molecule has 2 aliphatic rings. The van der Waals surface area contributed by atoms with Gasteiger partial charge < -0.3 is 9.80 Å². The number of anilines is 1. The number of fused-ring (bicyclic) bond motifs is 1. The number of likely N-dealkylation sites (tertiary alicyclic amines) is 1. The number of aromatic amines is 1. The Bertz CT molecular complexity index is 1190. The van der Waals surface area contributed by atoms with Crippen molar-refractivity contribution < 1.29 is 9.59 Å². The van der Waals surface area contributed by atoms with Crippen LogP contribution in [-0.2, 0) is 17.6 Å². The Balaban J connectivity index is 1.26. The Labute approximate surface area is 193 Å². The Hall–Kier alpha value is -3.48. The fourth-order valence-corrected chi connectivity index (χ4v) is 5.03. The van der Waals surface area contributed by atoms with Crippen LogP contribution in [0.25, 0.3) is 11.3 Å². The van der Waals surface area contributed by atoms with E-state index in [1.807, 2.05) is 37.2 Å². The zero-order valence-electron chi connectivity index (χ0n) is 19.2. The number of benzene rings is 1. The molecule has 2 amide bonds. The van der Waals surface area contributed by atoms with Crippen molar-refractivity contribution in [2.24, 2.45) is 5.92 Å². The first-order valence-electron chi connectivity index (χ1n) is 11.6. The van der Waals surface area contributed by atoms with Crippen LogP contribution in [0, 0.1) is 12.8 Å². The van der Waals surface area contributed by atoms with Crippen molar-refractivity contribution in [3.05, 3.63) is 65.1 Å². The summed E-state index contributed by atoms with van der Waals surface area (Å²) in [4.78, 5) is 32.7. The summed E-state index contributed by atoms with van der Waals surface area (Å²) < 4.78 is 0. The lowest BCUT2D eigenvalue weighted by molar-refractivity contribution is -0.118. The predicted octanol–water partition coefficient (Wildman–Crippen LogP) is 3.78. The van der Waals surface area contributed by atoms with Crippen LogP contribution in [0.1, 0.15) is 46.3 Å². The van der Waals surface area contributed by atoms with Gasteiger partial charge in [-0.05, 0) is 73.4 Å². The average molecular weight is 444 g/mol. The topological polar surface area (TPSA) is 82.2 Å². The molecule has 2 aromatic heterocycles. The quantitative estimate of drug-likeness (QED) is 0.665. The van der Waals surface area contributed by atoms with Crippen molar-refractivity contribution in [3.8, 4) is 11.3 Å². The molecule has 7 nitrogen and oxygen atoms in total. The van der Waals surface area contributed by atoms with Gasteiger partial charge in [0.25, 0.3) is 5.91 Å². The highest BCUT2D eigenvalue weighted by Gasteiger charge is 2.26. The summed E-state index contributed by atoms with van der Waals surface area (Å²) in [7, 11) is 1.84. The van der Waals surface area contributed by atoms with Gasteiger partial charge in [0, 0.05) is 56.4 Å². The number of H-pyrrole nitrogens is 1. The molecule has 0 radical (unpaired) electrons. The number of aromatic nitrogens is 3. The molecule has 1 fully saturated rings. The second kappa shape index (κ2) is 8.81. The van der Waals surface area contributed by atoms with Gasteiger partial charge in [0.2, 0.25) is 5.91 Å². The zero-order chi connectivity index (χ0) is 22.9. The number of hydrogen-bond donors (Lipinski definition) is 1. The number of nitrogens with one attached hydrogen (secondary N) is 1. The summed E-state index contributed by atoms with van der Waals surface area (Å²) in [6, 6.07) is 8.16. The van der Waals surface area contributed by atoms with Crippen LogP contribution in [0.4, 0.5) is 5.69 Å². The van der Waals surface area contributed by atoms with Gasteiger partial charge in [-0.15, -0.1) is 0 Å². The van der Waals surface area contributed by atoms with Crippen molar-refractivity contribution in [2.45, 2.75) is 39.0 Å². The van der Waals surface area contributed by atoms with Crippen LogP contribution in [-0.4, -0.2) is 52.0 Å². The molecule has 7 heteroatoms. The lowest BCUT2D eigenvalue weighted by Gasteiger charge is -2.32. The summed E-state index contributed by atoms with van der Waals surface area (Å²) >= 11 is 0. The number of carbonyl (C=O) groups is 2. The molecule has 0 unspecified atom stereocenters. The maximum absolute atomic E-state index is 12.9. The Morgan fingerprint density at radius 3 is 2.79 bits per heavy atom. The van der Waals surface area contributed by atoms with E-state index in [1.54, 1.807) is 17.3 Å². The second-order valence-electron chi connectivity index (χ2n) is 9.19. The van der Waals surface area contributed by atoms with Crippen molar-refractivity contribution in [1.29, 1.82) is 0 Å². The molecule has 0 aliphatic carbocycles. The van der Waals surface area contributed by atoms with E-state index < -0.39 is 0 Å². The molecule has 33 heavy (non-hydrogen) atoms. The zero-order valence-corrected chi connectivity index (χ0v) is 19.2. The van der Waals surface area contributed by atoms with Gasteiger partial charge >= 0.3 is 0 Å². The minimum Gasteiger partial charge on any atom is -0.339 e. The van der Waals surface area contributed by atoms with E-state index in [1.165, 1.54) is 11.1 Å². The van der Waals surface area contributed by atoms with E-state index in [2.05, 4.69) is 27.3 Å². The van der Waals surface area contributed by atoms with E-state index in [0.29, 0.717) is 17.9 Å². The number of rotatable bonds is 4. The highest BCUT2D eigenvalue weighted by molar-refractivity contribution is 5.96. The molecule has 0 saturated carbocycles. The van der Waals surface area contributed by atoms with Gasteiger partial charge in [0.15, 0.2) is 0 Å². The van der Waals surface area contributed by atoms with Gasteiger partial charge in [-0.25, -0.2) is 0 Å². The van der Waals surface area contributed by atoms with E-state index in [0.717, 1.165) is 61.3 Å². The summed E-state index contributed by atoms with van der Waals surface area (Å²) in [6.45, 7) is 3.49. The fourth-order valence-electron chi connectivity index (χ4n) is 5.03. The monoisotopic (exact) mass is 443 g/mol. The maximum Gasteiger partial charge on any atom is 0.255 e. The molecule has 0 bridgehead atoms. The van der Waals surface area contributed by atoms with Crippen molar-refractivity contribution in [1.82, 2.24) is 20.1 Å². The first-order chi connectivity index (χ1) is 16.0. The number of piperidine rings is 1. The third-order valence-corrected chi connectivity index (χ3v) is 7.10. The maximum atomic E-state index is 12.9. The van der Waals surface area contributed by atoms with Crippen molar-refractivity contribution in [2.75, 3.05) is 25.0 Å². The lowest BCUT2D eigenvalue weighted by atomic mass is 9.88. The predicted molar refractivity (Wildman–Crippen MR) is 127 cm³/mol. The molecule has 0 atom stereocenters. The number of pyridine rings is 1. The van der Waals surface area contributed by atoms with Gasteiger partial charge in [-0.1, -0.05) is 6.07 Å². The van der Waals surface area contributed by atoms with E-state index in [-0.39, 0.29) is 11.8 Å². The van der Waals surface area contributed by atoms with Gasteiger partial charge in [0.1, 0.15) is 0 Å². The van der Waals surface area contributed by atoms with Crippen molar-refractivity contribution >= 4 is 17.5 Å². The van der Waals surface area contributed by atoms with Crippen molar-refractivity contribution in [3.63, 3.8) is 0 Å². The summed E-state index contributed by atoms with van der Waals surface area (Å²) in [5.41, 5.74) is 7.15. The molecule has 1 saturated heterocycles. The third-order valence-electron chi connectivity index (χ3n) is 7.10. The Morgan fingerprint density at radius 2 is 2.00 bits per heavy atom. The highest BCUT2D eigenvalue weighted by atomic mass is 16.2. The average Bonchev–Trinajstić information content (AvgIpc) is 3.30. The minimum absolute atomic E-state index is 0.0839. The van der Waals surface area contributed by atoms with Crippen LogP contribution < -0.4 is 4.90 Å². The fraction of sp³-hybridized carbons (Fsp3) is 0.385. The van der Waals surface area contributed by atoms with Crippen LogP contribution in [0.15, 0.2) is 42.9 Å². The number of hydrogen-bond acceptors (Lipinski definition) is 4. The molecule has 1 N–H and O–H groups in total. The Morgan fingerprint density at radius 1 is 1.18 bits per heavy atom. The first-order valence-corrected chi connectivity index (χ1v) is 11.6. The normalized spacial score (nSPS) is 16.7. The van der Waals surface area contributed by atoms with Gasteiger partial charge in [-0.2, -0.15) is 5.10 Å². The molecule has 170 valence electrons. The molecular weight excluding hydrogens is 414 g/mol. The van der Waals surface area contributed by atoms with Crippen LogP contribution in [0.2, 0.25) is 0 Å². The number of nitrogens with zero attached hydrogens (tertiary/aromatic N) is 4. The number of amides is 2. The third kappa shape index (κ3) is 4.15. The van der Waals surface area contributed by atoms with E-state index >= 15 is 0 Å². The van der Waals surface area contributed by atoms with Gasteiger partial charge in [0.05, 0.1) is 11.3 Å². The molecular formula is C26H29N5O2. The second-order valence-corrected chi connectivity index (χ2v) is 9.19. The summed E-state index contributed by atoms with van der Waals surface area (Å²) in [6.07, 6.45) is 9.62. The highest BCUT2D eigenvalue weighted by Crippen LogP contribution is 2.33. The number of carbonyl (C=O) groups excluding carboxylic acids is 2. The van der Waals surface area contributed by atoms with Crippen LogP contribution in [0.3, 0.4) is 0 Å². The van der Waals surface area contributed by atoms with Gasteiger partial charge in [-0.3, -0.25) is 19.7 Å². The minimum atomic E-state index is 0.0839. The molecule has 4 heterocycles. The first kappa shape index (κ1) is 21.4.